The van der Waals surface area contributed by atoms with Crippen LogP contribution in [0.2, 0.25) is 0 Å². The van der Waals surface area contributed by atoms with Crippen LogP contribution in [0.5, 0.6) is 0 Å². The lowest BCUT2D eigenvalue weighted by atomic mass is 10.0. The number of esters is 1. The highest BCUT2D eigenvalue weighted by molar-refractivity contribution is 5.81. The minimum absolute atomic E-state index is 0.164. The number of nitrogens with one attached hydrogen (secondary N) is 1. The summed E-state index contributed by atoms with van der Waals surface area (Å²) >= 11 is 0. The van der Waals surface area contributed by atoms with E-state index in [9.17, 15) is 9.59 Å². The van der Waals surface area contributed by atoms with Crippen molar-refractivity contribution < 1.29 is 14.3 Å². The Balaban J connectivity index is 1.45. The van der Waals surface area contributed by atoms with Gasteiger partial charge in [-0.1, -0.05) is 54.6 Å². The summed E-state index contributed by atoms with van der Waals surface area (Å²) in [6.07, 6.45) is 2.50. The summed E-state index contributed by atoms with van der Waals surface area (Å²) in [5, 5.41) is 2.87. The average molecular weight is 337 g/mol. The maximum absolute atomic E-state index is 11.9. The van der Waals surface area contributed by atoms with Crippen molar-refractivity contribution in [1.82, 2.24) is 5.32 Å². The van der Waals surface area contributed by atoms with Gasteiger partial charge in [-0.2, -0.15) is 0 Å². The fourth-order valence-corrected chi connectivity index (χ4v) is 2.82. The van der Waals surface area contributed by atoms with Crippen molar-refractivity contribution in [3.63, 3.8) is 0 Å². The van der Waals surface area contributed by atoms with Crippen LogP contribution in [0.3, 0.4) is 0 Å². The number of hydrogen-bond acceptors (Lipinski definition) is 3. The first-order valence-corrected chi connectivity index (χ1v) is 8.71. The van der Waals surface area contributed by atoms with Crippen molar-refractivity contribution in [1.29, 1.82) is 0 Å². The molecular formula is C21H23NO3. The molecule has 2 aromatic carbocycles. The normalized spacial score (nSPS) is 14.6. The summed E-state index contributed by atoms with van der Waals surface area (Å²) in [6, 6.07) is 18.0. The van der Waals surface area contributed by atoms with Gasteiger partial charge in [-0.15, -0.1) is 0 Å². The third-order valence-electron chi connectivity index (χ3n) is 4.49. The Morgan fingerprint density at radius 1 is 1.04 bits per heavy atom. The molecule has 1 aliphatic carbocycles. The van der Waals surface area contributed by atoms with E-state index < -0.39 is 0 Å². The van der Waals surface area contributed by atoms with Gasteiger partial charge in [0.25, 0.3) is 5.91 Å². The highest BCUT2D eigenvalue weighted by atomic mass is 16.5. The fraction of sp³-hybridized carbons (Fsp3) is 0.333. The van der Waals surface area contributed by atoms with Gasteiger partial charge in [0.05, 0.1) is 6.42 Å². The second-order valence-electron chi connectivity index (χ2n) is 6.59. The number of amides is 1. The van der Waals surface area contributed by atoms with E-state index >= 15 is 0 Å². The molecule has 0 unspecified atom stereocenters. The number of benzene rings is 2. The molecular weight excluding hydrogens is 314 g/mol. The van der Waals surface area contributed by atoms with E-state index in [1.54, 1.807) is 0 Å². The van der Waals surface area contributed by atoms with Gasteiger partial charge in [0, 0.05) is 6.04 Å². The Labute approximate surface area is 148 Å². The summed E-state index contributed by atoms with van der Waals surface area (Å²) in [4.78, 5) is 23.7. The second kappa shape index (κ2) is 7.97. The molecule has 2 aromatic rings. The molecule has 130 valence electrons. The van der Waals surface area contributed by atoms with Gasteiger partial charge in [-0.25, -0.2) is 0 Å². The molecule has 0 spiro atoms. The van der Waals surface area contributed by atoms with Crippen molar-refractivity contribution >= 4 is 11.9 Å². The van der Waals surface area contributed by atoms with E-state index in [0.29, 0.717) is 5.92 Å². The number of hydrogen-bond donors (Lipinski definition) is 1. The molecule has 1 N–H and O–H groups in total. The maximum Gasteiger partial charge on any atom is 0.310 e. The van der Waals surface area contributed by atoms with E-state index in [1.807, 2.05) is 61.5 Å². The SMILES string of the molecule is C[C@@H](NC(=O)COC(=O)Cc1ccc(-c2ccccc2)cc1)C1CC1. The van der Waals surface area contributed by atoms with Crippen LogP contribution in [0.1, 0.15) is 25.3 Å². The molecule has 1 saturated carbocycles. The van der Waals surface area contributed by atoms with Crippen LogP contribution in [-0.2, 0) is 20.7 Å². The van der Waals surface area contributed by atoms with Gasteiger partial charge in [0.2, 0.25) is 0 Å². The van der Waals surface area contributed by atoms with Crippen molar-refractivity contribution in [3.05, 3.63) is 60.2 Å². The van der Waals surface area contributed by atoms with Gasteiger partial charge in [-0.3, -0.25) is 9.59 Å². The molecule has 0 bridgehead atoms. The lowest BCUT2D eigenvalue weighted by Crippen LogP contribution is -2.37. The summed E-state index contributed by atoms with van der Waals surface area (Å²) in [7, 11) is 0. The molecule has 0 aliphatic heterocycles. The maximum atomic E-state index is 11.9. The van der Waals surface area contributed by atoms with E-state index in [0.717, 1.165) is 16.7 Å². The van der Waals surface area contributed by atoms with Crippen LogP contribution in [0.15, 0.2) is 54.6 Å². The third-order valence-corrected chi connectivity index (χ3v) is 4.49. The summed E-state index contributed by atoms with van der Waals surface area (Å²) in [5.41, 5.74) is 3.11. The zero-order valence-corrected chi connectivity index (χ0v) is 14.4. The van der Waals surface area contributed by atoms with Crippen molar-refractivity contribution in [2.75, 3.05) is 6.61 Å². The monoisotopic (exact) mass is 337 g/mol. The minimum atomic E-state index is -0.387. The molecule has 0 aromatic heterocycles. The first-order chi connectivity index (χ1) is 12.1. The molecule has 0 saturated heterocycles. The Bertz CT molecular complexity index is 721. The molecule has 1 fully saturated rings. The summed E-state index contributed by atoms with van der Waals surface area (Å²) in [5.74, 6) is -0.0309. The smallest absolute Gasteiger partial charge is 0.310 e. The van der Waals surface area contributed by atoms with E-state index in [1.165, 1.54) is 12.8 Å². The Morgan fingerprint density at radius 2 is 1.68 bits per heavy atom. The van der Waals surface area contributed by atoms with Gasteiger partial charge in [0.15, 0.2) is 6.61 Å². The van der Waals surface area contributed by atoms with Crippen LogP contribution in [0.4, 0.5) is 0 Å². The number of rotatable bonds is 7. The van der Waals surface area contributed by atoms with Crippen LogP contribution in [-0.4, -0.2) is 24.5 Å². The predicted molar refractivity (Wildman–Crippen MR) is 96.9 cm³/mol. The van der Waals surface area contributed by atoms with Crippen LogP contribution in [0, 0.1) is 5.92 Å². The van der Waals surface area contributed by atoms with E-state index in [-0.39, 0.29) is 30.9 Å². The molecule has 1 aliphatic rings. The van der Waals surface area contributed by atoms with Crippen molar-refractivity contribution in [2.24, 2.45) is 5.92 Å². The zero-order valence-electron chi connectivity index (χ0n) is 14.4. The van der Waals surface area contributed by atoms with Crippen LogP contribution >= 0.6 is 0 Å². The minimum Gasteiger partial charge on any atom is -0.455 e. The standard InChI is InChI=1S/C21H23NO3/c1-15(17-11-12-17)22-20(23)14-25-21(24)13-16-7-9-19(10-8-16)18-5-3-2-4-6-18/h2-10,15,17H,11-14H2,1H3,(H,22,23)/t15-/m1/s1. The number of carbonyl (C=O) groups is 2. The van der Waals surface area contributed by atoms with Gasteiger partial charge < -0.3 is 10.1 Å². The van der Waals surface area contributed by atoms with Crippen LogP contribution < -0.4 is 5.32 Å². The fourth-order valence-electron chi connectivity index (χ4n) is 2.82. The van der Waals surface area contributed by atoms with E-state index in [2.05, 4.69) is 5.32 Å². The highest BCUT2D eigenvalue weighted by Gasteiger charge is 2.28. The molecule has 25 heavy (non-hydrogen) atoms. The predicted octanol–water partition coefficient (Wildman–Crippen LogP) is 3.35. The molecule has 0 radical (unpaired) electrons. The Hall–Kier alpha value is -2.62. The summed E-state index contributed by atoms with van der Waals surface area (Å²) < 4.78 is 5.07. The average Bonchev–Trinajstić information content (AvgIpc) is 3.47. The molecule has 4 heteroatoms. The second-order valence-corrected chi connectivity index (χ2v) is 6.59. The Kier molecular flexibility index (Phi) is 5.49. The largest absolute Gasteiger partial charge is 0.455 e. The molecule has 1 atom stereocenters. The molecule has 0 heterocycles. The molecule has 3 rings (SSSR count). The molecule has 4 nitrogen and oxygen atoms in total. The van der Waals surface area contributed by atoms with Crippen molar-refractivity contribution in [2.45, 2.75) is 32.2 Å². The lowest BCUT2D eigenvalue weighted by Gasteiger charge is -2.12. The summed E-state index contributed by atoms with van der Waals surface area (Å²) in [6.45, 7) is 1.78. The number of ether oxygens (including phenoxy) is 1. The first-order valence-electron chi connectivity index (χ1n) is 8.71. The topological polar surface area (TPSA) is 55.4 Å². The zero-order chi connectivity index (χ0) is 17.6. The Morgan fingerprint density at radius 3 is 2.32 bits per heavy atom. The quantitative estimate of drug-likeness (QED) is 0.788. The number of carbonyl (C=O) groups excluding carboxylic acids is 2. The van der Waals surface area contributed by atoms with Gasteiger partial charge in [-0.05, 0) is 42.4 Å². The lowest BCUT2D eigenvalue weighted by molar-refractivity contribution is -0.148. The van der Waals surface area contributed by atoms with Gasteiger partial charge >= 0.3 is 5.97 Å². The van der Waals surface area contributed by atoms with Gasteiger partial charge in [0.1, 0.15) is 0 Å². The third kappa shape index (κ3) is 5.18. The molecule has 1 amide bonds. The van der Waals surface area contributed by atoms with E-state index in [4.69, 9.17) is 4.74 Å². The highest BCUT2D eigenvalue weighted by Crippen LogP contribution is 2.32. The van der Waals surface area contributed by atoms with Crippen molar-refractivity contribution in [3.8, 4) is 11.1 Å². The van der Waals surface area contributed by atoms with Crippen LogP contribution in [0.25, 0.3) is 11.1 Å². The first kappa shape index (κ1) is 17.2.